The number of carbonyl (C=O) groups is 5. The second kappa shape index (κ2) is 13.4. The molecule has 2 aromatic carbocycles. The molecular weight excluding hydrogens is 510 g/mol. The number of para-hydroxylation sites is 1. The van der Waals surface area contributed by atoms with Crippen LogP contribution in [0.1, 0.15) is 44.1 Å². The second-order valence-electron chi connectivity index (χ2n) is 8.94. The number of rotatable bonds is 15. The fourth-order valence-electron chi connectivity index (χ4n) is 3.94. The fourth-order valence-corrected chi connectivity index (χ4v) is 4.91. The number of nitrogens with one attached hydrogen (secondary N) is 1. The van der Waals surface area contributed by atoms with Crippen molar-refractivity contribution in [2.24, 2.45) is 11.7 Å². The maximum atomic E-state index is 12.8. The molecule has 0 aliphatic heterocycles. The van der Waals surface area contributed by atoms with Gasteiger partial charge in [0.15, 0.2) is 5.78 Å². The summed E-state index contributed by atoms with van der Waals surface area (Å²) >= 11 is 1.59. The Balaban J connectivity index is 1.58. The van der Waals surface area contributed by atoms with Crippen molar-refractivity contribution in [3.63, 3.8) is 0 Å². The highest BCUT2D eigenvalue weighted by Crippen LogP contribution is 2.30. The van der Waals surface area contributed by atoms with Gasteiger partial charge in [-0.25, -0.2) is 4.98 Å². The number of primary amides is 1. The lowest BCUT2D eigenvalue weighted by atomic mass is 9.92. The van der Waals surface area contributed by atoms with Gasteiger partial charge in [0.05, 0.1) is 16.3 Å². The number of amides is 2. The molecule has 2 amide bonds. The van der Waals surface area contributed by atoms with Gasteiger partial charge in [-0.15, -0.1) is 11.3 Å². The molecule has 0 aliphatic rings. The third-order valence-corrected chi connectivity index (χ3v) is 7.15. The highest BCUT2D eigenvalue weighted by Gasteiger charge is 2.27. The number of aryl methyl sites for hydroxylation is 1. The normalized spacial score (nSPS) is 12.5. The summed E-state index contributed by atoms with van der Waals surface area (Å²) in [4.78, 5) is 63.6. The average Bonchev–Trinajstić information content (AvgIpc) is 3.32. The lowest BCUT2D eigenvalue weighted by molar-refractivity contribution is -0.139. The molecular formula is C27H29N3O7S. The number of carboxylic acid groups (broad SMARTS) is 2. The Kier molecular flexibility index (Phi) is 10.1. The summed E-state index contributed by atoms with van der Waals surface area (Å²) in [6.07, 6.45) is -0.889. The van der Waals surface area contributed by atoms with Crippen LogP contribution in [-0.4, -0.2) is 50.8 Å². The van der Waals surface area contributed by atoms with Crippen molar-refractivity contribution >= 4 is 51.1 Å². The molecule has 38 heavy (non-hydrogen) atoms. The second-order valence-corrected chi connectivity index (χ2v) is 9.97. The number of Topliss-reactive ketones (excluding diaryl/α,β-unsaturated/α-hetero) is 1. The van der Waals surface area contributed by atoms with Crippen LogP contribution in [0.5, 0.6) is 0 Å². The highest BCUT2D eigenvalue weighted by molar-refractivity contribution is 7.21. The minimum atomic E-state index is -1.14. The third-order valence-electron chi connectivity index (χ3n) is 6.06. The van der Waals surface area contributed by atoms with Gasteiger partial charge in [-0.05, 0) is 37.0 Å². The van der Waals surface area contributed by atoms with Gasteiger partial charge in [0, 0.05) is 37.2 Å². The molecule has 1 aromatic heterocycles. The van der Waals surface area contributed by atoms with E-state index in [-0.39, 0.29) is 38.5 Å². The van der Waals surface area contributed by atoms with Gasteiger partial charge in [0.2, 0.25) is 11.8 Å². The summed E-state index contributed by atoms with van der Waals surface area (Å²) in [7, 11) is 0. The molecule has 1 heterocycles. The van der Waals surface area contributed by atoms with Crippen molar-refractivity contribution in [3.05, 3.63) is 54.1 Å². The number of carboxylic acids is 2. The predicted molar refractivity (Wildman–Crippen MR) is 141 cm³/mol. The first-order valence-electron chi connectivity index (χ1n) is 12.1. The maximum absolute atomic E-state index is 12.8. The molecule has 11 heteroatoms. The molecule has 0 saturated heterocycles. The van der Waals surface area contributed by atoms with Gasteiger partial charge in [-0.2, -0.15) is 0 Å². The van der Waals surface area contributed by atoms with E-state index >= 15 is 0 Å². The zero-order chi connectivity index (χ0) is 27.7. The summed E-state index contributed by atoms with van der Waals surface area (Å²) in [5, 5.41) is 21.3. The predicted octanol–water partition coefficient (Wildman–Crippen LogP) is 3.17. The number of aliphatic carboxylic acids is 2. The minimum absolute atomic E-state index is 0.0651. The highest BCUT2D eigenvalue weighted by atomic mass is 32.1. The van der Waals surface area contributed by atoms with Crippen LogP contribution < -0.4 is 11.1 Å². The van der Waals surface area contributed by atoms with Crippen molar-refractivity contribution in [2.45, 2.75) is 51.0 Å². The molecule has 0 aliphatic carbocycles. The van der Waals surface area contributed by atoms with Gasteiger partial charge in [0.25, 0.3) is 0 Å². The first-order valence-corrected chi connectivity index (χ1v) is 12.9. The SMILES string of the molecule is NC(=O)[C@H](CCC(=O)O)CC(=O)[C@H](CCC(=O)O)NC(=O)CCc1ccc(-c2nc3ccccc3s2)cc1. The van der Waals surface area contributed by atoms with Crippen molar-refractivity contribution in [1.29, 1.82) is 0 Å². The average molecular weight is 540 g/mol. The number of hydrogen-bond donors (Lipinski definition) is 4. The summed E-state index contributed by atoms with van der Waals surface area (Å²) in [5.41, 5.74) is 8.11. The fraction of sp³-hybridized carbons (Fsp3) is 0.333. The zero-order valence-electron chi connectivity index (χ0n) is 20.6. The molecule has 0 radical (unpaired) electrons. The van der Waals surface area contributed by atoms with Crippen LogP contribution in [0.2, 0.25) is 0 Å². The Bertz CT molecular complexity index is 1290. The lowest BCUT2D eigenvalue weighted by Crippen LogP contribution is -2.43. The van der Waals surface area contributed by atoms with Gasteiger partial charge in [0.1, 0.15) is 5.01 Å². The van der Waals surface area contributed by atoms with Crippen LogP contribution in [0.15, 0.2) is 48.5 Å². The Morgan fingerprint density at radius 1 is 0.895 bits per heavy atom. The zero-order valence-corrected chi connectivity index (χ0v) is 21.4. The van der Waals surface area contributed by atoms with E-state index in [9.17, 15) is 24.0 Å². The number of nitrogens with two attached hydrogens (primary N) is 1. The lowest BCUT2D eigenvalue weighted by Gasteiger charge is -2.19. The molecule has 5 N–H and O–H groups in total. The van der Waals surface area contributed by atoms with Crippen molar-refractivity contribution in [2.75, 3.05) is 0 Å². The molecule has 3 aromatic rings. The van der Waals surface area contributed by atoms with E-state index in [1.165, 1.54) is 0 Å². The van der Waals surface area contributed by atoms with Crippen LogP contribution >= 0.6 is 11.3 Å². The van der Waals surface area contributed by atoms with Gasteiger partial charge >= 0.3 is 11.9 Å². The summed E-state index contributed by atoms with van der Waals surface area (Å²) < 4.78 is 1.10. The topological polar surface area (TPSA) is 177 Å². The summed E-state index contributed by atoms with van der Waals surface area (Å²) in [6, 6.07) is 14.4. The van der Waals surface area contributed by atoms with Crippen LogP contribution in [0.4, 0.5) is 0 Å². The van der Waals surface area contributed by atoms with Crippen molar-refractivity contribution < 1.29 is 34.2 Å². The summed E-state index contributed by atoms with van der Waals surface area (Å²) in [5.74, 6) is -5.11. The Hall–Kier alpha value is -4.12. The van der Waals surface area contributed by atoms with E-state index < -0.39 is 41.5 Å². The van der Waals surface area contributed by atoms with Crippen LogP contribution in [0, 0.1) is 5.92 Å². The number of thiazole rings is 1. The number of fused-ring (bicyclic) bond motifs is 1. The van der Waals surface area contributed by atoms with Crippen LogP contribution in [0.25, 0.3) is 20.8 Å². The first-order chi connectivity index (χ1) is 18.1. The standard InChI is InChI=1S/C27H29N3O7S/c28-26(37)18(10-13-24(33)34)15-21(31)19(11-14-25(35)36)29-23(32)12-7-16-5-8-17(9-6-16)27-30-20-3-1-2-4-22(20)38-27/h1-6,8-9,18-19H,7,10-15H2,(H2,28,37)(H,29,32)(H,33,34)(H,35,36)/t18-,19+/m1/s1. The molecule has 0 fully saturated rings. The number of nitrogens with zero attached hydrogens (tertiary/aromatic N) is 1. The number of aromatic nitrogens is 1. The quantitative estimate of drug-likeness (QED) is 0.227. The largest absolute Gasteiger partial charge is 0.481 e. The van der Waals surface area contributed by atoms with E-state index in [0.29, 0.717) is 6.42 Å². The molecule has 3 rings (SSSR count). The van der Waals surface area contributed by atoms with Gasteiger partial charge in [-0.1, -0.05) is 36.4 Å². The van der Waals surface area contributed by atoms with E-state index in [1.54, 1.807) is 11.3 Å². The van der Waals surface area contributed by atoms with E-state index in [4.69, 9.17) is 15.9 Å². The van der Waals surface area contributed by atoms with E-state index in [0.717, 1.165) is 26.4 Å². The minimum Gasteiger partial charge on any atom is -0.481 e. The maximum Gasteiger partial charge on any atom is 0.303 e. The van der Waals surface area contributed by atoms with E-state index in [2.05, 4.69) is 10.3 Å². The molecule has 10 nitrogen and oxygen atoms in total. The molecule has 0 bridgehead atoms. The Labute approximate surface area is 222 Å². The van der Waals surface area contributed by atoms with E-state index in [1.807, 2.05) is 48.5 Å². The van der Waals surface area contributed by atoms with Gasteiger partial charge < -0.3 is 21.3 Å². The Morgan fingerprint density at radius 2 is 1.55 bits per heavy atom. The molecule has 0 spiro atoms. The summed E-state index contributed by atoms with van der Waals surface area (Å²) in [6.45, 7) is 0. The molecule has 200 valence electrons. The molecule has 0 unspecified atom stereocenters. The number of benzene rings is 2. The van der Waals surface area contributed by atoms with Crippen LogP contribution in [0.3, 0.4) is 0 Å². The smallest absolute Gasteiger partial charge is 0.303 e. The van der Waals surface area contributed by atoms with Crippen molar-refractivity contribution in [3.8, 4) is 10.6 Å². The van der Waals surface area contributed by atoms with Crippen molar-refractivity contribution in [1.82, 2.24) is 10.3 Å². The number of ketones is 1. The monoisotopic (exact) mass is 539 g/mol. The van der Waals surface area contributed by atoms with Gasteiger partial charge in [-0.3, -0.25) is 24.0 Å². The number of hydrogen-bond acceptors (Lipinski definition) is 7. The van der Waals surface area contributed by atoms with Crippen LogP contribution in [-0.2, 0) is 30.4 Å². The first kappa shape index (κ1) is 28.5. The Morgan fingerprint density at radius 3 is 2.18 bits per heavy atom. The number of carbonyl (C=O) groups excluding carboxylic acids is 3. The third kappa shape index (κ3) is 8.48. The molecule has 2 atom stereocenters. The molecule has 0 saturated carbocycles.